The lowest BCUT2D eigenvalue weighted by atomic mass is 10.3. The first-order valence-corrected chi connectivity index (χ1v) is 5.89. The Bertz CT molecular complexity index is 339. The van der Waals surface area contributed by atoms with Gasteiger partial charge in [-0.2, -0.15) is 0 Å². The van der Waals surface area contributed by atoms with Gasteiger partial charge in [0.05, 0.1) is 5.83 Å². The Morgan fingerprint density at radius 1 is 1.39 bits per heavy atom. The van der Waals surface area contributed by atoms with Crippen molar-refractivity contribution in [1.82, 2.24) is 16.0 Å². The summed E-state index contributed by atoms with van der Waals surface area (Å²) < 4.78 is 12.9. The maximum absolute atomic E-state index is 12.9. The van der Waals surface area contributed by atoms with Crippen molar-refractivity contribution in [2.45, 2.75) is 13.8 Å². The monoisotopic (exact) mass is 254 g/mol. The molecule has 0 saturated heterocycles. The molecular formula is C13H23FN4. The molecule has 0 unspecified atom stereocenters. The number of nitrogens with one attached hydrogen (secondary N) is 3. The minimum absolute atomic E-state index is 0.272. The summed E-state index contributed by atoms with van der Waals surface area (Å²) in [5.41, 5.74) is 6.97. The van der Waals surface area contributed by atoms with E-state index in [-0.39, 0.29) is 5.83 Å². The molecule has 18 heavy (non-hydrogen) atoms. The van der Waals surface area contributed by atoms with Gasteiger partial charge in [0.1, 0.15) is 0 Å². The molecule has 0 saturated carbocycles. The van der Waals surface area contributed by atoms with E-state index < -0.39 is 0 Å². The molecule has 0 aliphatic rings. The quantitative estimate of drug-likeness (QED) is 0.495. The summed E-state index contributed by atoms with van der Waals surface area (Å²) in [4.78, 5) is 0. The van der Waals surface area contributed by atoms with Crippen molar-refractivity contribution >= 4 is 0 Å². The summed E-state index contributed by atoms with van der Waals surface area (Å²) in [6.07, 6.45) is 8.40. The average Bonchev–Trinajstić information content (AvgIpc) is 2.31. The van der Waals surface area contributed by atoms with Gasteiger partial charge in [-0.05, 0) is 45.3 Å². The first kappa shape index (κ1) is 16.2. The van der Waals surface area contributed by atoms with Crippen LogP contribution in [0.5, 0.6) is 0 Å². The van der Waals surface area contributed by atoms with E-state index in [1.54, 1.807) is 24.6 Å². The Morgan fingerprint density at radius 3 is 2.67 bits per heavy atom. The molecule has 0 aliphatic carbocycles. The summed E-state index contributed by atoms with van der Waals surface area (Å²) in [5.74, 6) is -0.272. The lowest BCUT2D eigenvalue weighted by Gasteiger charge is -2.04. The first-order chi connectivity index (χ1) is 8.60. The Hall–Kier alpha value is -1.75. The molecular weight excluding hydrogens is 231 g/mol. The second-order valence-electron chi connectivity index (χ2n) is 3.66. The van der Waals surface area contributed by atoms with E-state index >= 15 is 0 Å². The Balaban J connectivity index is 4.59. The van der Waals surface area contributed by atoms with E-state index in [2.05, 4.69) is 16.0 Å². The fraction of sp³-hybridized carbons (Fsp3) is 0.385. The molecule has 0 bridgehead atoms. The molecule has 0 aromatic rings. The second kappa shape index (κ2) is 10.4. The van der Waals surface area contributed by atoms with Crippen LogP contribution in [0, 0.1) is 0 Å². The third kappa shape index (κ3) is 9.47. The lowest BCUT2D eigenvalue weighted by Crippen LogP contribution is -2.18. The third-order valence-corrected chi connectivity index (χ3v) is 1.85. The summed E-state index contributed by atoms with van der Waals surface area (Å²) in [6.45, 7) is 4.82. The van der Waals surface area contributed by atoms with E-state index in [9.17, 15) is 4.39 Å². The summed E-state index contributed by atoms with van der Waals surface area (Å²) >= 11 is 0. The predicted octanol–water partition coefficient (Wildman–Crippen LogP) is 1.48. The largest absolute Gasteiger partial charge is 0.400 e. The van der Waals surface area contributed by atoms with Crippen molar-refractivity contribution in [2.75, 3.05) is 20.1 Å². The highest BCUT2D eigenvalue weighted by Gasteiger charge is 1.92. The van der Waals surface area contributed by atoms with Crippen LogP contribution in [0.4, 0.5) is 4.39 Å². The third-order valence-electron chi connectivity index (χ3n) is 1.85. The van der Waals surface area contributed by atoms with E-state index in [1.807, 2.05) is 14.0 Å². The van der Waals surface area contributed by atoms with E-state index in [1.165, 1.54) is 13.0 Å². The van der Waals surface area contributed by atoms with Crippen LogP contribution in [0.1, 0.15) is 13.8 Å². The highest BCUT2D eigenvalue weighted by molar-refractivity contribution is 5.25. The molecule has 4 nitrogen and oxygen atoms in total. The van der Waals surface area contributed by atoms with Crippen LogP contribution in [-0.2, 0) is 0 Å². The molecule has 0 fully saturated rings. The van der Waals surface area contributed by atoms with Gasteiger partial charge in [0.2, 0.25) is 0 Å². The van der Waals surface area contributed by atoms with E-state index in [4.69, 9.17) is 5.73 Å². The zero-order valence-electron chi connectivity index (χ0n) is 11.3. The molecule has 0 rings (SSSR count). The zero-order valence-corrected chi connectivity index (χ0v) is 11.3. The van der Waals surface area contributed by atoms with Gasteiger partial charge in [-0.1, -0.05) is 0 Å². The number of likely N-dealkylation sites (N-methyl/N-ethyl adjacent to an activating group) is 1. The number of hydrogen-bond acceptors (Lipinski definition) is 4. The van der Waals surface area contributed by atoms with Gasteiger partial charge in [0.25, 0.3) is 0 Å². The molecule has 5 N–H and O–H groups in total. The smallest absolute Gasteiger partial charge is 0.0989 e. The minimum Gasteiger partial charge on any atom is -0.400 e. The van der Waals surface area contributed by atoms with Crippen LogP contribution in [0.2, 0.25) is 0 Å². The van der Waals surface area contributed by atoms with E-state index in [0.717, 1.165) is 6.54 Å². The normalized spacial score (nSPS) is 14.1. The van der Waals surface area contributed by atoms with Crippen LogP contribution in [0.15, 0.2) is 47.8 Å². The van der Waals surface area contributed by atoms with Crippen molar-refractivity contribution in [3.8, 4) is 0 Å². The summed E-state index contributed by atoms with van der Waals surface area (Å²) in [6, 6.07) is 0. The van der Waals surface area contributed by atoms with Crippen molar-refractivity contribution in [2.24, 2.45) is 5.73 Å². The van der Waals surface area contributed by atoms with E-state index in [0.29, 0.717) is 17.9 Å². The molecule has 0 spiro atoms. The second-order valence-corrected chi connectivity index (χ2v) is 3.66. The zero-order chi connectivity index (χ0) is 13.8. The average molecular weight is 254 g/mol. The molecule has 0 atom stereocenters. The van der Waals surface area contributed by atoms with Crippen LogP contribution in [-0.4, -0.2) is 20.1 Å². The fourth-order valence-corrected chi connectivity index (χ4v) is 1.12. The number of halogens is 1. The van der Waals surface area contributed by atoms with Crippen molar-refractivity contribution < 1.29 is 4.39 Å². The number of hydrogen-bond donors (Lipinski definition) is 4. The number of rotatable bonds is 8. The Labute approximate surface area is 109 Å². The lowest BCUT2D eigenvalue weighted by molar-refractivity contribution is 0.638. The highest BCUT2D eigenvalue weighted by Crippen LogP contribution is 2.01. The predicted molar refractivity (Wildman–Crippen MR) is 75.1 cm³/mol. The van der Waals surface area contributed by atoms with Crippen molar-refractivity contribution in [3.05, 3.63) is 47.8 Å². The van der Waals surface area contributed by atoms with Gasteiger partial charge in [-0.3, -0.25) is 0 Å². The topological polar surface area (TPSA) is 62.1 Å². The maximum Gasteiger partial charge on any atom is 0.0989 e. The molecule has 5 heteroatoms. The SMILES string of the molecule is CCN/C=C/C=C(\C=C(/C)F)N/C=C(\N)CNC. The van der Waals surface area contributed by atoms with Gasteiger partial charge in [0, 0.05) is 30.7 Å². The number of nitrogens with two attached hydrogens (primary N) is 1. The van der Waals surface area contributed by atoms with Gasteiger partial charge in [0.15, 0.2) is 0 Å². The summed E-state index contributed by atoms with van der Waals surface area (Å²) in [5, 5.41) is 8.90. The van der Waals surface area contributed by atoms with Crippen molar-refractivity contribution in [3.63, 3.8) is 0 Å². The Morgan fingerprint density at radius 2 is 2.11 bits per heavy atom. The summed E-state index contributed by atoms with van der Waals surface area (Å²) in [7, 11) is 1.81. The number of allylic oxidation sites excluding steroid dienone is 4. The van der Waals surface area contributed by atoms with Crippen LogP contribution in [0.3, 0.4) is 0 Å². The Kier molecular flexibility index (Phi) is 9.40. The molecule has 0 aromatic heterocycles. The van der Waals surface area contributed by atoms with Crippen LogP contribution in [0.25, 0.3) is 0 Å². The van der Waals surface area contributed by atoms with Crippen LogP contribution < -0.4 is 21.7 Å². The molecule has 0 radical (unpaired) electrons. The van der Waals surface area contributed by atoms with Gasteiger partial charge in [-0.25, -0.2) is 4.39 Å². The van der Waals surface area contributed by atoms with Gasteiger partial charge < -0.3 is 21.7 Å². The first-order valence-electron chi connectivity index (χ1n) is 5.89. The fourth-order valence-electron chi connectivity index (χ4n) is 1.12. The standard InChI is InChI=1S/C13H23FN4/c1-4-17-7-5-6-13(8-11(2)14)18-10-12(15)9-16-3/h5-8,10,16-18H,4,9,15H2,1-3H3/b7-5+,11-8+,12-10-,13-6+. The molecule has 0 aromatic carbocycles. The molecule has 0 aliphatic heterocycles. The van der Waals surface area contributed by atoms with Crippen molar-refractivity contribution in [1.29, 1.82) is 0 Å². The minimum atomic E-state index is -0.272. The van der Waals surface area contributed by atoms with Crippen LogP contribution >= 0.6 is 0 Å². The molecule has 102 valence electrons. The molecule has 0 heterocycles. The molecule has 0 amide bonds. The maximum atomic E-state index is 12.9. The highest BCUT2D eigenvalue weighted by atomic mass is 19.1. The van der Waals surface area contributed by atoms with Gasteiger partial charge >= 0.3 is 0 Å². The van der Waals surface area contributed by atoms with Gasteiger partial charge in [-0.15, -0.1) is 0 Å².